The Morgan fingerprint density at radius 2 is 1.81 bits per heavy atom. The maximum absolute atomic E-state index is 12.6. The predicted molar refractivity (Wildman–Crippen MR) is 102 cm³/mol. The number of hydrogen-bond acceptors (Lipinski definition) is 5. The van der Waals surface area contributed by atoms with Gasteiger partial charge in [-0.3, -0.25) is 9.69 Å². The predicted octanol–water partition coefficient (Wildman–Crippen LogP) is 3.96. The Bertz CT molecular complexity index is 770. The monoisotopic (exact) mass is 437 g/mol. The average molecular weight is 438 g/mol. The second-order valence-electron chi connectivity index (χ2n) is 8.52. The maximum atomic E-state index is 12.6. The minimum absolute atomic E-state index is 0.00734. The number of likely N-dealkylation sites (tertiary alicyclic amines) is 1. The molecule has 1 saturated heterocycles. The van der Waals surface area contributed by atoms with E-state index in [1.165, 1.54) is 4.90 Å². The van der Waals surface area contributed by atoms with Gasteiger partial charge in [0.15, 0.2) is 12.4 Å². The number of amides is 1. The highest BCUT2D eigenvalue weighted by atomic mass is 79.9. The highest BCUT2D eigenvalue weighted by molar-refractivity contribution is 9.10. The lowest BCUT2D eigenvalue weighted by Crippen LogP contribution is -2.46. The largest absolute Gasteiger partial charge is 0.456 e. The van der Waals surface area contributed by atoms with E-state index in [0.29, 0.717) is 12.0 Å². The van der Waals surface area contributed by atoms with Gasteiger partial charge >= 0.3 is 12.1 Å². The van der Waals surface area contributed by atoms with Crippen molar-refractivity contribution in [3.8, 4) is 0 Å². The molecular weight excluding hydrogens is 414 g/mol. The highest BCUT2D eigenvalue weighted by Gasteiger charge is 2.65. The molecule has 0 N–H and O–H groups in total. The summed E-state index contributed by atoms with van der Waals surface area (Å²) in [7, 11) is 0. The number of halogens is 1. The van der Waals surface area contributed by atoms with E-state index in [9.17, 15) is 14.4 Å². The minimum Gasteiger partial charge on any atom is -0.456 e. The molecule has 0 bridgehead atoms. The van der Waals surface area contributed by atoms with Crippen molar-refractivity contribution in [3.63, 3.8) is 0 Å². The van der Waals surface area contributed by atoms with Crippen LogP contribution >= 0.6 is 15.9 Å². The van der Waals surface area contributed by atoms with Crippen molar-refractivity contribution < 1.29 is 23.9 Å². The van der Waals surface area contributed by atoms with Crippen LogP contribution in [0.5, 0.6) is 0 Å². The van der Waals surface area contributed by atoms with E-state index in [0.717, 1.165) is 10.9 Å². The number of benzene rings is 1. The third-order valence-corrected chi connectivity index (χ3v) is 5.55. The van der Waals surface area contributed by atoms with Gasteiger partial charge in [0.1, 0.15) is 11.6 Å². The van der Waals surface area contributed by atoms with Crippen molar-refractivity contribution in [1.29, 1.82) is 0 Å². The number of carbonyl (C=O) groups is 3. The molecule has 1 aliphatic carbocycles. The van der Waals surface area contributed by atoms with Crippen LogP contribution in [0.3, 0.4) is 0 Å². The van der Waals surface area contributed by atoms with Crippen LogP contribution in [0.15, 0.2) is 28.7 Å². The van der Waals surface area contributed by atoms with Gasteiger partial charge in [0, 0.05) is 16.1 Å². The Balaban J connectivity index is 1.63. The van der Waals surface area contributed by atoms with Crippen molar-refractivity contribution in [2.75, 3.05) is 6.61 Å². The number of esters is 1. The molecule has 0 radical (unpaired) electrons. The van der Waals surface area contributed by atoms with Crippen LogP contribution in [-0.2, 0) is 14.3 Å². The summed E-state index contributed by atoms with van der Waals surface area (Å²) >= 11 is 3.31. The molecule has 3 atom stereocenters. The SMILES string of the molecule is CC(C)(C)OC(=O)N1C(C(=O)OCC(=O)c2ccc(Br)cc2)CC2(C)CC12. The molecular formula is C20H24BrNO5. The molecule has 2 aliphatic rings. The number of ketones is 1. The van der Waals surface area contributed by atoms with Gasteiger partial charge in [-0.1, -0.05) is 35.0 Å². The molecule has 7 heteroatoms. The van der Waals surface area contributed by atoms with Crippen LogP contribution in [0.1, 0.15) is 50.9 Å². The van der Waals surface area contributed by atoms with Gasteiger partial charge in [0.25, 0.3) is 0 Å². The normalized spacial score (nSPS) is 26.3. The lowest BCUT2D eigenvalue weighted by molar-refractivity contribution is -0.148. The zero-order valence-electron chi connectivity index (χ0n) is 16.0. The first-order valence-corrected chi connectivity index (χ1v) is 9.76. The summed E-state index contributed by atoms with van der Waals surface area (Å²) in [4.78, 5) is 38.9. The molecule has 1 saturated carbocycles. The van der Waals surface area contributed by atoms with Gasteiger partial charge in [-0.25, -0.2) is 9.59 Å². The molecule has 0 aromatic heterocycles. The smallest absolute Gasteiger partial charge is 0.411 e. The van der Waals surface area contributed by atoms with E-state index in [-0.39, 0.29) is 23.8 Å². The van der Waals surface area contributed by atoms with Gasteiger partial charge in [0.05, 0.1) is 0 Å². The first-order valence-electron chi connectivity index (χ1n) is 8.97. The summed E-state index contributed by atoms with van der Waals surface area (Å²) in [6.07, 6.45) is 0.880. The zero-order chi connectivity index (χ0) is 20.0. The fourth-order valence-corrected chi connectivity index (χ4v) is 3.78. The third kappa shape index (κ3) is 4.34. The van der Waals surface area contributed by atoms with E-state index >= 15 is 0 Å². The van der Waals surface area contributed by atoms with Crippen LogP contribution < -0.4 is 0 Å². The molecule has 0 spiro atoms. The molecule has 1 aliphatic heterocycles. The summed E-state index contributed by atoms with van der Waals surface area (Å²) in [5.41, 5.74) is -0.246. The molecule has 27 heavy (non-hydrogen) atoms. The van der Waals surface area contributed by atoms with E-state index in [1.807, 2.05) is 0 Å². The van der Waals surface area contributed by atoms with Crippen molar-refractivity contribution in [3.05, 3.63) is 34.3 Å². The van der Waals surface area contributed by atoms with Crippen LogP contribution in [-0.4, -0.2) is 47.0 Å². The fraction of sp³-hybridized carbons (Fsp3) is 0.550. The number of hydrogen-bond donors (Lipinski definition) is 0. The second-order valence-corrected chi connectivity index (χ2v) is 9.43. The van der Waals surface area contributed by atoms with Gasteiger partial charge in [-0.2, -0.15) is 0 Å². The van der Waals surface area contributed by atoms with E-state index in [2.05, 4.69) is 22.9 Å². The lowest BCUT2D eigenvalue weighted by atomic mass is 10.0. The van der Waals surface area contributed by atoms with Gasteiger partial charge < -0.3 is 9.47 Å². The van der Waals surface area contributed by atoms with E-state index in [1.54, 1.807) is 45.0 Å². The quantitative estimate of drug-likeness (QED) is 0.526. The molecule has 2 fully saturated rings. The number of nitrogens with zero attached hydrogens (tertiary/aromatic N) is 1. The molecule has 1 aromatic carbocycles. The van der Waals surface area contributed by atoms with Crippen LogP contribution in [0.4, 0.5) is 4.79 Å². The van der Waals surface area contributed by atoms with Crippen molar-refractivity contribution in [2.45, 2.75) is 58.2 Å². The number of rotatable bonds is 4. The van der Waals surface area contributed by atoms with Crippen molar-refractivity contribution >= 4 is 33.8 Å². The van der Waals surface area contributed by atoms with Gasteiger partial charge in [-0.15, -0.1) is 0 Å². The van der Waals surface area contributed by atoms with Crippen LogP contribution in [0.2, 0.25) is 0 Å². The van der Waals surface area contributed by atoms with Crippen LogP contribution in [0, 0.1) is 5.41 Å². The standard InChI is InChI=1S/C20H24BrNO5/c1-19(2,3)27-18(25)22-14(9-20(4)10-16(20)22)17(24)26-11-15(23)12-5-7-13(21)8-6-12/h5-8,14,16H,9-11H2,1-4H3. The number of fused-ring (bicyclic) bond motifs is 1. The Hall–Kier alpha value is -1.89. The maximum Gasteiger partial charge on any atom is 0.411 e. The number of piperidine rings is 1. The summed E-state index contributed by atoms with van der Waals surface area (Å²) < 4.78 is 11.6. The Morgan fingerprint density at radius 3 is 2.41 bits per heavy atom. The first-order chi connectivity index (χ1) is 12.5. The number of carbonyl (C=O) groups excluding carboxylic acids is 3. The molecule has 3 unspecified atom stereocenters. The Kier molecular flexibility index (Phi) is 5.10. The molecule has 1 aromatic rings. The summed E-state index contributed by atoms with van der Waals surface area (Å²) in [6, 6.07) is 6.13. The second kappa shape index (κ2) is 6.93. The molecule has 3 rings (SSSR count). The summed E-state index contributed by atoms with van der Waals surface area (Å²) in [5.74, 6) is -0.839. The van der Waals surface area contributed by atoms with E-state index in [4.69, 9.17) is 9.47 Å². The van der Waals surface area contributed by atoms with Crippen LogP contribution in [0.25, 0.3) is 0 Å². The molecule has 6 nitrogen and oxygen atoms in total. The number of ether oxygens (including phenoxy) is 2. The Morgan fingerprint density at radius 1 is 1.19 bits per heavy atom. The first kappa shape index (κ1) is 19.9. The fourth-order valence-electron chi connectivity index (χ4n) is 3.51. The molecule has 146 valence electrons. The zero-order valence-corrected chi connectivity index (χ0v) is 17.5. The lowest BCUT2D eigenvalue weighted by Gasteiger charge is -2.29. The topological polar surface area (TPSA) is 72.9 Å². The third-order valence-electron chi connectivity index (χ3n) is 5.02. The van der Waals surface area contributed by atoms with Crippen molar-refractivity contribution in [2.24, 2.45) is 5.41 Å². The average Bonchev–Trinajstić information content (AvgIpc) is 3.12. The van der Waals surface area contributed by atoms with E-state index < -0.39 is 23.7 Å². The summed E-state index contributed by atoms with van der Waals surface area (Å²) in [5, 5.41) is 0. The summed E-state index contributed by atoms with van der Waals surface area (Å²) in [6.45, 7) is 7.07. The van der Waals surface area contributed by atoms with Gasteiger partial charge in [0.2, 0.25) is 0 Å². The van der Waals surface area contributed by atoms with Crippen molar-refractivity contribution in [1.82, 2.24) is 4.90 Å². The minimum atomic E-state index is -0.707. The molecule has 1 heterocycles. The number of Topliss-reactive ketones (excluding diaryl/α,β-unsaturated/α-hetero) is 1. The Labute approximate surface area is 167 Å². The highest BCUT2D eigenvalue weighted by Crippen LogP contribution is 2.59. The molecule has 1 amide bonds. The van der Waals surface area contributed by atoms with Gasteiger partial charge in [-0.05, 0) is 51.2 Å².